The number of aliphatic carboxylic acids is 1. The number of carboxylic acid groups (broad SMARTS) is 1. The van der Waals surface area contributed by atoms with Gasteiger partial charge in [-0.2, -0.15) is 11.8 Å². The van der Waals surface area contributed by atoms with Crippen LogP contribution in [0.3, 0.4) is 0 Å². The predicted molar refractivity (Wildman–Crippen MR) is 107 cm³/mol. The molecule has 0 atom stereocenters. The molecule has 0 amide bonds. The summed E-state index contributed by atoms with van der Waals surface area (Å²) in [5.41, 5.74) is 0.150. The Hall–Kier alpha value is -2.55. The van der Waals surface area contributed by atoms with Crippen LogP contribution in [-0.2, 0) is 16.0 Å². The summed E-state index contributed by atoms with van der Waals surface area (Å²) in [5, 5.41) is 20.2. The number of rotatable bonds is 8. The summed E-state index contributed by atoms with van der Waals surface area (Å²) in [7, 11) is 0. The fourth-order valence-electron chi connectivity index (χ4n) is 2.73. The standard InChI is InChI=1S/C19H24N2O6S/c1-12-7-8-14(15(10-12)21(25)26)20-18(24)13(17(27-20)19(2,3)4)11-28-9-5-6-16(22)23/h7-8,10H,5-6,9,11H2,1-4H3,(H,22,23). The smallest absolute Gasteiger partial charge is 0.303 e. The molecule has 28 heavy (non-hydrogen) atoms. The van der Waals surface area contributed by atoms with Crippen molar-refractivity contribution in [2.75, 3.05) is 5.75 Å². The monoisotopic (exact) mass is 408 g/mol. The van der Waals surface area contributed by atoms with Gasteiger partial charge in [0.25, 0.3) is 11.2 Å². The highest BCUT2D eigenvalue weighted by atomic mass is 32.2. The van der Waals surface area contributed by atoms with Crippen LogP contribution in [0.5, 0.6) is 0 Å². The van der Waals surface area contributed by atoms with Crippen molar-refractivity contribution in [3.8, 4) is 5.69 Å². The number of thioether (sulfide) groups is 1. The van der Waals surface area contributed by atoms with Gasteiger partial charge in [-0.25, -0.2) is 0 Å². The zero-order valence-electron chi connectivity index (χ0n) is 16.4. The summed E-state index contributed by atoms with van der Waals surface area (Å²) in [5.74, 6) is 0.554. The first-order valence-corrected chi connectivity index (χ1v) is 9.98. The molecule has 9 heteroatoms. The maximum Gasteiger partial charge on any atom is 0.303 e. The van der Waals surface area contributed by atoms with E-state index < -0.39 is 21.9 Å². The van der Waals surface area contributed by atoms with E-state index in [-0.39, 0.29) is 17.8 Å². The van der Waals surface area contributed by atoms with Gasteiger partial charge < -0.3 is 9.63 Å². The highest BCUT2D eigenvalue weighted by molar-refractivity contribution is 7.98. The van der Waals surface area contributed by atoms with Crippen LogP contribution in [0.4, 0.5) is 5.69 Å². The Balaban J connectivity index is 2.43. The molecule has 0 bridgehead atoms. The highest BCUT2D eigenvalue weighted by Crippen LogP contribution is 2.30. The molecule has 0 spiro atoms. The van der Waals surface area contributed by atoms with Gasteiger partial charge in [0.1, 0.15) is 5.76 Å². The molecular weight excluding hydrogens is 384 g/mol. The van der Waals surface area contributed by atoms with Crippen LogP contribution in [0.25, 0.3) is 5.69 Å². The number of nitro benzene ring substituents is 1. The summed E-state index contributed by atoms with van der Waals surface area (Å²) in [6, 6.07) is 4.60. The average molecular weight is 408 g/mol. The maximum absolute atomic E-state index is 13.0. The largest absolute Gasteiger partial charge is 0.481 e. The van der Waals surface area contributed by atoms with E-state index in [9.17, 15) is 19.7 Å². The molecule has 0 aliphatic carbocycles. The van der Waals surface area contributed by atoms with E-state index in [1.165, 1.54) is 23.9 Å². The van der Waals surface area contributed by atoms with E-state index in [2.05, 4.69) is 0 Å². The Morgan fingerprint density at radius 3 is 2.61 bits per heavy atom. The number of nitrogens with zero attached hydrogens (tertiary/aromatic N) is 2. The number of nitro groups is 1. The molecule has 0 unspecified atom stereocenters. The van der Waals surface area contributed by atoms with E-state index in [4.69, 9.17) is 9.63 Å². The second-order valence-corrected chi connectivity index (χ2v) is 8.65. The first-order chi connectivity index (χ1) is 13.0. The molecule has 2 rings (SSSR count). The highest BCUT2D eigenvalue weighted by Gasteiger charge is 2.30. The molecule has 1 aromatic heterocycles. The second kappa shape index (κ2) is 8.64. The van der Waals surface area contributed by atoms with Crippen molar-refractivity contribution in [3.63, 3.8) is 0 Å². The number of carbonyl (C=O) groups is 1. The number of hydrogen-bond acceptors (Lipinski definition) is 6. The van der Waals surface area contributed by atoms with Gasteiger partial charge in [-0.15, -0.1) is 4.74 Å². The number of benzene rings is 1. The number of hydrogen-bond donors (Lipinski definition) is 1. The lowest BCUT2D eigenvalue weighted by atomic mass is 9.91. The average Bonchev–Trinajstić information content (AvgIpc) is 2.91. The maximum atomic E-state index is 13.0. The van der Waals surface area contributed by atoms with Crippen LogP contribution < -0.4 is 5.56 Å². The normalized spacial score (nSPS) is 11.6. The summed E-state index contributed by atoms with van der Waals surface area (Å²) in [6.45, 7) is 7.44. The number of aryl methyl sites for hydroxylation is 1. The van der Waals surface area contributed by atoms with E-state index in [0.29, 0.717) is 34.8 Å². The van der Waals surface area contributed by atoms with Crippen molar-refractivity contribution in [1.82, 2.24) is 4.74 Å². The fourth-order valence-corrected chi connectivity index (χ4v) is 3.69. The molecule has 152 valence electrons. The SMILES string of the molecule is Cc1ccc(-n2oc(C(C)(C)C)c(CSCCCC(=O)O)c2=O)c([N+](=O)[O-])c1. The first kappa shape index (κ1) is 21.7. The Morgan fingerprint density at radius 1 is 1.36 bits per heavy atom. The van der Waals surface area contributed by atoms with Crippen molar-refractivity contribution >= 4 is 23.4 Å². The lowest BCUT2D eigenvalue weighted by Gasteiger charge is -2.15. The molecule has 1 N–H and O–H groups in total. The van der Waals surface area contributed by atoms with Gasteiger partial charge in [0.15, 0.2) is 5.69 Å². The predicted octanol–water partition coefficient (Wildman–Crippen LogP) is 4.04. The quantitative estimate of drug-likeness (QED) is 0.398. The van der Waals surface area contributed by atoms with Crippen LogP contribution in [0.15, 0.2) is 27.5 Å². The van der Waals surface area contributed by atoms with Crippen molar-refractivity contribution in [1.29, 1.82) is 0 Å². The minimum Gasteiger partial charge on any atom is -0.481 e. The second-order valence-electron chi connectivity index (χ2n) is 7.55. The fraction of sp³-hybridized carbons (Fsp3) is 0.474. The Kier molecular flexibility index (Phi) is 6.71. The van der Waals surface area contributed by atoms with Crippen molar-refractivity contribution < 1.29 is 19.3 Å². The molecule has 1 heterocycles. The van der Waals surface area contributed by atoms with Crippen molar-refractivity contribution in [3.05, 3.63) is 55.6 Å². The Morgan fingerprint density at radius 2 is 2.04 bits per heavy atom. The first-order valence-electron chi connectivity index (χ1n) is 8.83. The van der Waals surface area contributed by atoms with E-state index in [1.807, 2.05) is 20.8 Å². The lowest BCUT2D eigenvalue weighted by Crippen LogP contribution is -2.18. The Labute approximate surface area is 166 Å². The molecule has 0 aliphatic heterocycles. The molecule has 1 aromatic carbocycles. The number of aromatic nitrogens is 1. The summed E-state index contributed by atoms with van der Waals surface area (Å²) < 4.78 is 6.81. The van der Waals surface area contributed by atoms with Gasteiger partial charge in [-0.05, 0) is 30.7 Å². The van der Waals surface area contributed by atoms with Gasteiger partial charge in [0.05, 0.1) is 10.5 Å². The molecule has 0 saturated carbocycles. The summed E-state index contributed by atoms with van der Waals surface area (Å²) >= 11 is 1.44. The number of carboxylic acids is 1. The van der Waals surface area contributed by atoms with Gasteiger partial charge in [0, 0.05) is 23.7 Å². The van der Waals surface area contributed by atoms with Crippen LogP contribution in [0.1, 0.15) is 50.5 Å². The van der Waals surface area contributed by atoms with Crippen LogP contribution in [0.2, 0.25) is 0 Å². The molecular formula is C19H24N2O6S. The van der Waals surface area contributed by atoms with Gasteiger partial charge in [0.2, 0.25) is 0 Å². The van der Waals surface area contributed by atoms with Gasteiger partial charge >= 0.3 is 5.97 Å². The van der Waals surface area contributed by atoms with E-state index in [1.54, 1.807) is 13.0 Å². The topological polar surface area (TPSA) is 116 Å². The van der Waals surface area contributed by atoms with Crippen molar-refractivity contribution in [2.24, 2.45) is 0 Å². The van der Waals surface area contributed by atoms with Gasteiger partial charge in [-0.3, -0.25) is 19.7 Å². The van der Waals surface area contributed by atoms with Crippen LogP contribution >= 0.6 is 11.8 Å². The van der Waals surface area contributed by atoms with Crippen molar-refractivity contribution in [2.45, 2.75) is 51.7 Å². The van der Waals surface area contributed by atoms with Crippen LogP contribution in [0, 0.1) is 17.0 Å². The molecule has 8 nitrogen and oxygen atoms in total. The van der Waals surface area contributed by atoms with E-state index >= 15 is 0 Å². The molecule has 0 fully saturated rings. The van der Waals surface area contributed by atoms with E-state index in [0.717, 1.165) is 4.74 Å². The Bertz CT molecular complexity index is 939. The minimum atomic E-state index is -0.853. The lowest BCUT2D eigenvalue weighted by molar-refractivity contribution is -0.384. The zero-order valence-corrected chi connectivity index (χ0v) is 17.2. The summed E-state index contributed by atoms with van der Waals surface area (Å²) in [4.78, 5) is 34.5. The third kappa shape index (κ3) is 5.03. The minimum absolute atomic E-state index is 0.0737. The molecule has 2 aromatic rings. The molecule has 0 saturated heterocycles. The molecule has 0 aliphatic rings. The van der Waals surface area contributed by atoms with Gasteiger partial charge in [-0.1, -0.05) is 26.8 Å². The van der Waals surface area contributed by atoms with Crippen LogP contribution in [-0.4, -0.2) is 26.5 Å². The third-order valence-electron chi connectivity index (χ3n) is 4.05. The zero-order chi connectivity index (χ0) is 21.1. The summed E-state index contributed by atoms with van der Waals surface area (Å²) in [6.07, 6.45) is 0.574. The third-order valence-corrected chi connectivity index (χ3v) is 5.12. The molecule has 0 radical (unpaired) electrons.